The first kappa shape index (κ1) is 26.3. The van der Waals surface area contributed by atoms with E-state index in [0.717, 1.165) is 22.2 Å². The lowest BCUT2D eigenvalue weighted by Gasteiger charge is -2.34. The van der Waals surface area contributed by atoms with E-state index in [0.29, 0.717) is 44.0 Å². The van der Waals surface area contributed by atoms with Gasteiger partial charge in [-0.05, 0) is 38.0 Å². The summed E-state index contributed by atoms with van der Waals surface area (Å²) < 4.78 is 45.5. The van der Waals surface area contributed by atoms with Gasteiger partial charge in [0.05, 0.1) is 24.3 Å². The summed E-state index contributed by atoms with van der Waals surface area (Å²) in [7, 11) is 0. The Hall–Kier alpha value is -2.75. The molecule has 0 saturated carbocycles. The number of aromatic nitrogens is 1. The van der Waals surface area contributed by atoms with Crippen molar-refractivity contribution in [3.63, 3.8) is 0 Å². The van der Waals surface area contributed by atoms with E-state index in [-0.39, 0.29) is 18.1 Å². The largest absolute Gasteiger partial charge is 0.416 e. The molecule has 9 heteroatoms. The van der Waals surface area contributed by atoms with E-state index in [1.165, 1.54) is 23.5 Å². The summed E-state index contributed by atoms with van der Waals surface area (Å²) in [6.07, 6.45) is -4.46. The fourth-order valence-corrected chi connectivity index (χ4v) is 5.21. The Morgan fingerprint density at radius 2 is 1.72 bits per heavy atom. The maximum absolute atomic E-state index is 13.3. The van der Waals surface area contributed by atoms with Gasteiger partial charge in [0.2, 0.25) is 0 Å². The third kappa shape index (κ3) is 6.93. The van der Waals surface area contributed by atoms with Gasteiger partial charge in [-0.25, -0.2) is 4.98 Å². The van der Waals surface area contributed by atoms with Crippen LogP contribution in [0.5, 0.6) is 0 Å². The van der Waals surface area contributed by atoms with E-state index < -0.39 is 11.7 Å². The number of amides is 1. The highest BCUT2D eigenvalue weighted by Crippen LogP contribution is 2.30. The van der Waals surface area contributed by atoms with Gasteiger partial charge in [0.1, 0.15) is 10.7 Å². The summed E-state index contributed by atoms with van der Waals surface area (Å²) in [4.78, 5) is 21.4. The van der Waals surface area contributed by atoms with E-state index in [4.69, 9.17) is 4.74 Å². The second kappa shape index (κ2) is 11.1. The molecule has 5 nitrogen and oxygen atoms in total. The van der Waals surface area contributed by atoms with Gasteiger partial charge in [0.15, 0.2) is 0 Å². The number of thiazole rings is 1. The van der Waals surface area contributed by atoms with Crippen LogP contribution in [0.1, 0.15) is 51.6 Å². The normalized spacial score (nSPS) is 18.6. The van der Waals surface area contributed by atoms with Gasteiger partial charge in [-0.2, -0.15) is 13.2 Å². The van der Waals surface area contributed by atoms with Crippen LogP contribution >= 0.6 is 11.3 Å². The summed E-state index contributed by atoms with van der Waals surface area (Å²) in [6.45, 7) is 8.21. The predicted octanol–water partition coefficient (Wildman–Crippen LogP) is 5.92. The van der Waals surface area contributed by atoms with Crippen molar-refractivity contribution in [2.24, 2.45) is 0 Å². The third-order valence-electron chi connectivity index (χ3n) is 6.02. The number of halogens is 3. The van der Waals surface area contributed by atoms with E-state index in [1.54, 1.807) is 16.3 Å². The Kier molecular flexibility index (Phi) is 8.12. The molecule has 2 unspecified atom stereocenters. The van der Waals surface area contributed by atoms with Gasteiger partial charge in [-0.15, -0.1) is 11.3 Å². The van der Waals surface area contributed by atoms with Crippen molar-refractivity contribution in [3.8, 4) is 0 Å². The molecule has 192 valence electrons. The zero-order valence-electron chi connectivity index (χ0n) is 20.6. The van der Waals surface area contributed by atoms with E-state index in [1.807, 2.05) is 49.9 Å². The topological polar surface area (TPSA) is 45.7 Å². The lowest BCUT2D eigenvalue weighted by molar-refractivity contribution is -0.137. The highest BCUT2D eigenvalue weighted by molar-refractivity contribution is 7.09. The number of aryl methyl sites for hydroxylation is 1. The van der Waals surface area contributed by atoms with Crippen LogP contribution in [-0.4, -0.2) is 46.0 Å². The van der Waals surface area contributed by atoms with Gasteiger partial charge in [0.25, 0.3) is 5.91 Å². The summed E-state index contributed by atoms with van der Waals surface area (Å²) >= 11 is 1.39. The smallest absolute Gasteiger partial charge is 0.372 e. The summed E-state index contributed by atoms with van der Waals surface area (Å²) in [5.74, 6) is -0.123. The second-order valence-electron chi connectivity index (χ2n) is 9.42. The summed E-state index contributed by atoms with van der Waals surface area (Å²) in [5, 5.41) is 2.50. The van der Waals surface area contributed by atoms with Gasteiger partial charge in [-0.1, -0.05) is 48.0 Å². The fourth-order valence-electron chi connectivity index (χ4n) is 4.40. The van der Waals surface area contributed by atoms with Crippen LogP contribution in [0.15, 0.2) is 53.9 Å². The molecule has 1 fully saturated rings. The van der Waals surface area contributed by atoms with Crippen LogP contribution in [0, 0.1) is 6.92 Å². The van der Waals surface area contributed by atoms with E-state index >= 15 is 0 Å². The van der Waals surface area contributed by atoms with Crippen molar-refractivity contribution in [2.75, 3.05) is 13.1 Å². The maximum Gasteiger partial charge on any atom is 0.416 e. The van der Waals surface area contributed by atoms with Gasteiger partial charge < -0.3 is 9.64 Å². The van der Waals surface area contributed by atoms with Crippen LogP contribution < -0.4 is 0 Å². The molecule has 3 aromatic rings. The van der Waals surface area contributed by atoms with E-state index in [2.05, 4.69) is 4.98 Å². The molecule has 2 aromatic carbocycles. The molecule has 1 aliphatic heterocycles. The highest BCUT2D eigenvalue weighted by Gasteiger charge is 2.31. The van der Waals surface area contributed by atoms with Crippen molar-refractivity contribution in [3.05, 3.63) is 86.9 Å². The minimum atomic E-state index is -4.39. The summed E-state index contributed by atoms with van der Waals surface area (Å²) in [5.41, 5.74) is 2.49. The van der Waals surface area contributed by atoms with Crippen LogP contribution in [0.25, 0.3) is 0 Å². The standard InChI is InChI=1S/C27H30F3N3O2S/c1-18-7-9-21(10-8-18)14-32(15-22-5-4-6-23(11-22)27(28,29)30)16-25-31-24(17-36-25)26(34)33-12-19(2)35-20(3)13-33/h4-11,17,19-20H,12-16H2,1-3H3. The SMILES string of the molecule is Cc1ccc(CN(Cc2cccc(C(F)(F)F)c2)Cc2nc(C(=O)N3CC(C)OC(C)C3)cs2)cc1. The second-order valence-corrected chi connectivity index (χ2v) is 10.4. The first-order valence-electron chi connectivity index (χ1n) is 11.9. The van der Waals surface area contributed by atoms with E-state index in [9.17, 15) is 18.0 Å². The lowest BCUT2D eigenvalue weighted by atomic mass is 10.1. The molecule has 0 spiro atoms. The van der Waals surface area contributed by atoms with Crippen molar-refractivity contribution in [2.45, 2.75) is 58.8 Å². The van der Waals surface area contributed by atoms with Crippen LogP contribution in [0.3, 0.4) is 0 Å². The highest BCUT2D eigenvalue weighted by atomic mass is 32.1. The number of nitrogens with zero attached hydrogens (tertiary/aromatic N) is 3. The average Bonchev–Trinajstić information content (AvgIpc) is 3.27. The number of carbonyl (C=O) groups excluding carboxylic acids is 1. The molecule has 1 amide bonds. The van der Waals surface area contributed by atoms with Gasteiger partial charge in [0, 0.05) is 31.6 Å². The number of carbonyl (C=O) groups is 1. The number of morpholine rings is 1. The molecule has 0 radical (unpaired) electrons. The lowest BCUT2D eigenvalue weighted by Crippen LogP contribution is -2.48. The molecule has 0 aliphatic carbocycles. The van der Waals surface area contributed by atoms with Crippen molar-refractivity contribution in [1.82, 2.24) is 14.8 Å². The van der Waals surface area contributed by atoms with Gasteiger partial charge >= 0.3 is 6.18 Å². The third-order valence-corrected chi connectivity index (χ3v) is 6.86. The Morgan fingerprint density at radius 1 is 1.06 bits per heavy atom. The molecule has 0 bridgehead atoms. The molecular weight excluding hydrogens is 487 g/mol. The van der Waals surface area contributed by atoms with Crippen LogP contribution in [-0.2, 0) is 30.5 Å². The maximum atomic E-state index is 13.3. The molecule has 0 N–H and O–H groups in total. The Morgan fingerprint density at radius 3 is 2.39 bits per heavy atom. The molecule has 1 aliphatic rings. The van der Waals surface area contributed by atoms with Crippen molar-refractivity contribution >= 4 is 17.2 Å². The van der Waals surface area contributed by atoms with Crippen LogP contribution in [0.4, 0.5) is 13.2 Å². The minimum Gasteiger partial charge on any atom is -0.372 e. The number of alkyl halides is 3. The first-order chi connectivity index (χ1) is 17.1. The predicted molar refractivity (Wildman–Crippen MR) is 134 cm³/mol. The zero-order chi connectivity index (χ0) is 25.9. The molecule has 1 saturated heterocycles. The quantitative estimate of drug-likeness (QED) is 0.390. The summed E-state index contributed by atoms with van der Waals surface area (Å²) in [6, 6.07) is 13.5. The molecule has 36 heavy (non-hydrogen) atoms. The monoisotopic (exact) mass is 517 g/mol. The average molecular weight is 518 g/mol. The first-order valence-corrected chi connectivity index (χ1v) is 12.8. The molecule has 2 atom stereocenters. The molecular formula is C27H30F3N3O2S. The fraction of sp³-hybridized carbons (Fsp3) is 0.407. The van der Waals surface area contributed by atoms with Gasteiger partial charge in [-0.3, -0.25) is 9.69 Å². The Bertz CT molecular complexity index is 1170. The molecule has 2 heterocycles. The Labute approximate surface area is 213 Å². The van der Waals surface area contributed by atoms with Crippen LogP contribution in [0.2, 0.25) is 0 Å². The molecule has 4 rings (SSSR count). The molecule has 1 aromatic heterocycles. The number of ether oxygens (including phenoxy) is 1. The number of hydrogen-bond donors (Lipinski definition) is 0. The number of benzene rings is 2. The van der Waals surface area contributed by atoms with Crippen molar-refractivity contribution < 1.29 is 22.7 Å². The number of hydrogen-bond acceptors (Lipinski definition) is 5. The number of rotatable bonds is 7. The Balaban J connectivity index is 1.52. The van der Waals surface area contributed by atoms with Crippen molar-refractivity contribution in [1.29, 1.82) is 0 Å². The minimum absolute atomic E-state index is 0.0340. The zero-order valence-corrected chi connectivity index (χ0v) is 21.4.